The molecule has 1 aliphatic carbocycles. The molecule has 2 aromatic carbocycles. The van der Waals surface area contributed by atoms with E-state index in [4.69, 9.17) is 0 Å². The molecule has 0 aromatic heterocycles. The van der Waals surface area contributed by atoms with E-state index < -0.39 is 15.9 Å². The summed E-state index contributed by atoms with van der Waals surface area (Å²) in [6, 6.07) is 11.3. The molecule has 0 radical (unpaired) electrons. The molecule has 0 unspecified atom stereocenters. The van der Waals surface area contributed by atoms with Crippen molar-refractivity contribution in [1.29, 1.82) is 0 Å². The number of carbonyl (C=O) groups excluding carboxylic acids is 3. The van der Waals surface area contributed by atoms with Crippen molar-refractivity contribution < 1.29 is 22.8 Å². The number of benzene rings is 2. The van der Waals surface area contributed by atoms with Crippen LogP contribution in [0, 0.1) is 6.92 Å². The maximum Gasteiger partial charge on any atom is 0.321 e. The molecule has 5 rings (SSSR count). The van der Waals surface area contributed by atoms with Crippen molar-refractivity contribution in [1.82, 2.24) is 14.1 Å². The van der Waals surface area contributed by atoms with Gasteiger partial charge in [0.05, 0.1) is 5.56 Å². The average Bonchev–Trinajstić information content (AvgIpc) is 3.60. The highest BCUT2D eigenvalue weighted by atomic mass is 32.2. The second-order valence-corrected chi connectivity index (χ2v) is 10.4. The van der Waals surface area contributed by atoms with Crippen LogP contribution in [0.2, 0.25) is 0 Å². The van der Waals surface area contributed by atoms with E-state index in [1.807, 2.05) is 31.2 Å². The van der Waals surface area contributed by atoms with E-state index in [0.717, 1.165) is 9.87 Å². The molecular weight excluding hydrogens is 444 g/mol. The molecule has 0 bridgehead atoms. The van der Waals surface area contributed by atoms with Crippen LogP contribution in [0.25, 0.3) is 0 Å². The van der Waals surface area contributed by atoms with Crippen molar-refractivity contribution in [2.24, 2.45) is 0 Å². The maximum atomic E-state index is 13.0. The zero-order valence-electron chi connectivity index (χ0n) is 18.2. The van der Waals surface area contributed by atoms with E-state index in [9.17, 15) is 22.8 Å². The number of aryl methyl sites for hydroxylation is 1. The Morgan fingerprint density at radius 3 is 2.33 bits per heavy atom. The molecule has 2 fully saturated rings. The topological polar surface area (TPSA) is 107 Å². The Labute approximate surface area is 192 Å². The van der Waals surface area contributed by atoms with Crippen molar-refractivity contribution in [3.63, 3.8) is 0 Å². The Morgan fingerprint density at radius 2 is 1.67 bits per heavy atom. The van der Waals surface area contributed by atoms with E-state index in [1.54, 1.807) is 9.80 Å². The number of sulfonamides is 1. The van der Waals surface area contributed by atoms with E-state index in [0.29, 0.717) is 44.7 Å². The van der Waals surface area contributed by atoms with Crippen molar-refractivity contribution in [3.8, 4) is 0 Å². The third-order valence-electron chi connectivity index (χ3n) is 6.20. The number of carbonyl (C=O) groups is 3. The Hall–Kier alpha value is -3.40. The highest BCUT2D eigenvalue weighted by Gasteiger charge is 2.49. The first-order chi connectivity index (χ1) is 15.8. The number of anilines is 1. The largest absolute Gasteiger partial charge is 0.335 e. The van der Waals surface area contributed by atoms with Crippen molar-refractivity contribution in [2.75, 3.05) is 31.5 Å². The lowest BCUT2D eigenvalue weighted by molar-refractivity contribution is 0.0671. The summed E-state index contributed by atoms with van der Waals surface area (Å²) in [5.41, 5.74) is 2.10. The van der Waals surface area contributed by atoms with Crippen LogP contribution >= 0.6 is 0 Å². The number of piperazine rings is 1. The number of rotatable bonds is 3. The minimum Gasteiger partial charge on any atom is -0.335 e. The molecule has 3 aliphatic rings. The Kier molecular flexibility index (Phi) is 5.12. The second kappa shape index (κ2) is 7.87. The number of hydrogen-bond donors (Lipinski definition) is 1. The highest BCUT2D eigenvalue weighted by Crippen LogP contribution is 2.39. The lowest BCUT2D eigenvalue weighted by Crippen LogP contribution is -2.51. The van der Waals surface area contributed by atoms with Crippen LogP contribution in [-0.2, 0) is 10.0 Å². The molecule has 9 nitrogen and oxygen atoms in total. The van der Waals surface area contributed by atoms with Gasteiger partial charge in [0.2, 0.25) is 0 Å². The number of amides is 4. The molecule has 33 heavy (non-hydrogen) atoms. The monoisotopic (exact) mass is 468 g/mol. The lowest BCUT2D eigenvalue weighted by Gasteiger charge is -2.34. The lowest BCUT2D eigenvalue weighted by atomic mass is 10.1. The van der Waals surface area contributed by atoms with E-state index in [-0.39, 0.29) is 34.0 Å². The second-order valence-electron chi connectivity index (χ2n) is 8.63. The average molecular weight is 469 g/mol. The normalized spacial score (nSPS) is 19.4. The van der Waals surface area contributed by atoms with Gasteiger partial charge >= 0.3 is 6.03 Å². The smallest absolute Gasteiger partial charge is 0.321 e. The minimum absolute atomic E-state index is 0.0959. The molecule has 10 heteroatoms. The first-order valence-corrected chi connectivity index (χ1v) is 12.3. The van der Waals surface area contributed by atoms with Crippen molar-refractivity contribution in [3.05, 3.63) is 59.2 Å². The molecule has 0 atom stereocenters. The van der Waals surface area contributed by atoms with E-state index >= 15 is 0 Å². The molecule has 172 valence electrons. The quantitative estimate of drug-likeness (QED) is 0.744. The molecule has 2 heterocycles. The van der Waals surface area contributed by atoms with Gasteiger partial charge in [-0.1, -0.05) is 12.1 Å². The van der Waals surface area contributed by atoms with Crippen LogP contribution in [0.1, 0.15) is 39.1 Å². The fourth-order valence-electron chi connectivity index (χ4n) is 4.27. The summed E-state index contributed by atoms with van der Waals surface area (Å²) in [7, 11) is -3.92. The third-order valence-corrected chi connectivity index (χ3v) is 8.07. The first-order valence-electron chi connectivity index (χ1n) is 10.9. The summed E-state index contributed by atoms with van der Waals surface area (Å²) >= 11 is 0. The molecule has 1 saturated carbocycles. The van der Waals surface area contributed by atoms with Crippen LogP contribution in [-0.4, -0.2) is 72.6 Å². The Balaban J connectivity index is 1.25. The van der Waals surface area contributed by atoms with Gasteiger partial charge in [0, 0.05) is 43.5 Å². The van der Waals surface area contributed by atoms with Gasteiger partial charge in [0.1, 0.15) is 4.90 Å². The summed E-state index contributed by atoms with van der Waals surface area (Å²) in [5.74, 6) is -0.830. The zero-order chi connectivity index (χ0) is 23.3. The van der Waals surface area contributed by atoms with Crippen molar-refractivity contribution in [2.45, 2.75) is 30.7 Å². The molecule has 0 spiro atoms. The minimum atomic E-state index is -3.92. The first kappa shape index (κ1) is 21.4. The summed E-state index contributed by atoms with van der Waals surface area (Å²) in [4.78, 5) is 41.3. The fourth-order valence-corrected chi connectivity index (χ4v) is 6.11. The Morgan fingerprint density at radius 1 is 0.970 bits per heavy atom. The number of nitrogens with one attached hydrogen (secondary N) is 1. The van der Waals surface area contributed by atoms with Crippen LogP contribution < -0.4 is 5.32 Å². The molecule has 1 N–H and O–H groups in total. The van der Waals surface area contributed by atoms with Gasteiger partial charge in [0.25, 0.3) is 21.8 Å². The highest BCUT2D eigenvalue weighted by molar-refractivity contribution is 7.90. The van der Waals surface area contributed by atoms with Gasteiger partial charge in [-0.3, -0.25) is 9.59 Å². The van der Waals surface area contributed by atoms with E-state index in [1.165, 1.54) is 18.2 Å². The van der Waals surface area contributed by atoms with Gasteiger partial charge in [0.15, 0.2) is 0 Å². The zero-order valence-corrected chi connectivity index (χ0v) is 19.0. The SMILES string of the molecule is Cc1cccc(NC(=O)N2CCN(C(=O)c3ccc4c(c3)S(=O)(=O)N(C3CC3)C4=O)CC2)c1. The molecular formula is C23H24N4O5S. The number of nitrogens with zero attached hydrogens (tertiary/aromatic N) is 3. The van der Waals surface area contributed by atoms with Gasteiger partial charge in [-0.25, -0.2) is 17.5 Å². The van der Waals surface area contributed by atoms with Gasteiger partial charge in [-0.2, -0.15) is 0 Å². The van der Waals surface area contributed by atoms with Gasteiger partial charge in [-0.05, 0) is 55.7 Å². The third kappa shape index (κ3) is 3.84. The van der Waals surface area contributed by atoms with Gasteiger partial charge < -0.3 is 15.1 Å². The number of hydrogen-bond acceptors (Lipinski definition) is 5. The van der Waals surface area contributed by atoms with Crippen molar-refractivity contribution >= 4 is 33.6 Å². The van der Waals surface area contributed by atoms with Gasteiger partial charge in [-0.15, -0.1) is 0 Å². The Bertz CT molecular complexity index is 1260. The molecule has 1 saturated heterocycles. The van der Waals surface area contributed by atoms with E-state index in [2.05, 4.69) is 5.32 Å². The number of fused-ring (bicyclic) bond motifs is 1. The summed E-state index contributed by atoms with van der Waals surface area (Å²) < 4.78 is 26.6. The summed E-state index contributed by atoms with van der Waals surface area (Å²) in [5, 5.41) is 2.87. The van der Waals surface area contributed by atoms with Crippen LogP contribution in [0.15, 0.2) is 47.4 Å². The summed E-state index contributed by atoms with van der Waals surface area (Å²) in [6.45, 7) is 3.33. The number of urea groups is 1. The van der Waals surface area contributed by atoms with Crippen LogP contribution in [0.5, 0.6) is 0 Å². The summed E-state index contributed by atoms with van der Waals surface area (Å²) in [6.07, 6.45) is 1.35. The standard InChI is InChI=1S/C23H24N4O5S/c1-15-3-2-4-17(13-15)24-23(30)26-11-9-25(10-12-26)21(28)16-5-8-19-20(14-16)33(31,32)27(22(19)29)18-6-7-18/h2-5,8,13-14,18H,6-7,9-12H2,1H3,(H,24,30). The molecule has 4 amide bonds. The fraction of sp³-hybridized carbons (Fsp3) is 0.348. The van der Waals surface area contributed by atoms with Crippen LogP contribution in [0.4, 0.5) is 10.5 Å². The predicted octanol–water partition coefficient (Wildman–Crippen LogP) is 2.29. The molecule has 2 aromatic rings. The predicted molar refractivity (Wildman–Crippen MR) is 120 cm³/mol. The maximum absolute atomic E-state index is 13.0. The molecule has 2 aliphatic heterocycles. The van der Waals surface area contributed by atoms with Crippen LogP contribution in [0.3, 0.4) is 0 Å².